The van der Waals surface area contributed by atoms with E-state index in [1.54, 1.807) is 18.2 Å². The van der Waals surface area contributed by atoms with E-state index in [-0.39, 0.29) is 25.1 Å². The summed E-state index contributed by atoms with van der Waals surface area (Å²) in [6.07, 6.45) is 2.38. The molecule has 1 aliphatic heterocycles. The SMILES string of the molecule is COc1ncccc1-c1ccc2c(c1)-c1nc(C(=O)N(CCO)C(C)C)sc1CCO2. The topological polar surface area (TPSA) is 84.8 Å². The van der Waals surface area contributed by atoms with Gasteiger partial charge >= 0.3 is 0 Å². The van der Waals surface area contributed by atoms with Gasteiger partial charge in [0.25, 0.3) is 5.91 Å². The summed E-state index contributed by atoms with van der Waals surface area (Å²) in [6, 6.07) is 9.72. The van der Waals surface area contributed by atoms with Crippen LogP contribution in [0.1, 0.15) is 28.5 Å². The normalized spacial score (nSPS) is 12.5. The Labute approximate surface area is 185 Å². The number of rotatable bonds is 6. The summed E-state index contributed by atoms with van der Waals surface area (Å²) in [4.78, 5) is 24.8. The number of aliphatic hydroxyl groups excluding tert-OH is 1. The lowest BCUT2D eigenvalue weighted by Crippen LogP contribution is -2.38. The van der Waals surface area contributed by atoms with Gasteiger partial charge in [-0.05, 0) is 43.7 Å². The molecule has 1 N–H and O–H groups in total. The van der Waals surface area contributed by atoms with Crippen LogP contribution in [-0.2, 0) is 6.42 Å². The molecule has 0 radical (unpaired) electrons. The zero-order chi connectivity index (χ0) is 22.0. The zero-order valence-electron chi connectivity index (χ0n) is 17.8. The Balaban J connectivity index is 1.78. The highest BCUT2D eigenvalue weighted by Crippen LogP contribution is 2.41. The Morgan fingerprint density at radius 3 is 2.90 bits per heavy atom. The average molecular weight is 440 g/mol. The predicted octanol–water partition coefficient (Wildman–Crippen LogP) is 3.66. The van der Waals surface area contributed by atoms with E-state index in [0.717, 1.165) is 33.0 Å². The van der Waals surface area contributed by atoms with Crippen molar-refractivity contribution in [3.63, 3.8) is 0 Å². The van der Waals surface area contributed by atoms with E-state index < -0.39 is 0 Å². The highest BCUT2D eigenvalue weighted by Gasteiger charge is 2.27. The first-order valence-corrected chi connectivity index (χ1v) is 11.0. The minimum Gasteiger partial charge on any atom is -0.493 e. The smallest absolute Gasteiger partial charge is 0.283 e. The van der Waals surface area contributed by atoms with Gasteiger partial charge in [-0.25, -0.2) is 9.97 Å². The van der Waals surface area contributed by atoms with E-state index >= 15 is 0 Å². The summed E-state index contributed by atoms with van der Waals surface area (Å²) < 4.78 is 11.4. The Morgan fingerprint density at radius 2 is 2.16 bits per heavy atom. The molecule has 1 amide bonds. The van der Waals surface area contributed by atoms with Gasteiger partial charge in [0.15, 0.2) is 5.01 Å². The van der Waals surface area contributed by atoms with E-state index in [0.29, 0.717) is 23.9 Å². The maximum absolute atomic E-state index is 13.1. The van der Waals surface area contributed by atoms with Crippen molar-refractivity contribution in [1.82, 2.24) is 14.9 Å². The van der Waals surface area contributed by atoms with E-state index in [2.05, 4.69) is 4.98 Å². The van der Waals surface area contributed by atoms with Crippen molar-refractivity contribution in [2.45, 2.75) is 26.3 Å². The summed E-state index contributed by atoms with van der Waals surface area (Å²) >= 11 is 1.40. The molecule has 0 atom stereocenters. The number of hydrogen-bond acceptors (Lipinski definition) is 7. The number of carbonyl (C=O) groups excluding carboxylic acids is 1. The van der Waals surface area contributed by atoms with Crippen LogP contribution in [-0.4, -0.2) is 58.8 Å². The van der Waals surface area contributed by atoms with Crippen molar-refractivity contribution < 1.29 is 19.4 Å². The van der Waals surface area contributed by atoms with Crippen molar-refractivity contribution in [2.24, 2.45) is 0 Å². The summed E-state index contributed by atoms with van der Waals surface area (Å²) in [5.41, 5.74) is 3.44. The van der Waals surface area contributed by atoms with E-state index in [1.807, 2.05) is 44.2 Å². The lowest BCUT2D eigenvalue weighted by molar-refractivity contribution is 0.0665. The lowest BCUT2D eigenvalue weighted by Gasteiger charge is -2.24. The molecule has 0 saturated heterocycles. The second-order valence-electron chi connectivity index (χ2n) is 7.48. The van der Waals surface area contributed by atoms with Gasteiger partial charge in [-0.15, -0.1) is 11.3 Å². The summed E-state index contributed by atoms with van der Waals surface area (Å²) in [7, 11) is 1.60. The van der Waals surface area contributed by atoms with Crippen LogP contribution in [0, 0.1) is 0 Å². The number of ether oxygens (including phenoxy) is 2. The van der Waals surface area contributed by atoms with Crippen LogP contribution < -0.4 is 9.47 Å². The van der Waals surface area contributed by atoms with Crippen molar-refractivity contribution in [3.05, 3.63) is 46.4 Å². The fraction of sp³-hybridized carbons (Fsp3) is 0.348. The fourth-order valence-corrected chi connectivity index (χ4v) is 4.70. The largest absolute Gasteiger partial charge is 0.493 e. The molecule has 1 aliphatic rings. The summed E-state index contributed by atoms with van der Waals surface area (Å²) in [6.45, 7) is 4.59. The Bertz CT molecular complexity index is 1100. The average Bonchev–Trinajstić information content (AvgIpc) is 3.13. The number of hydrogen-bond donors (Lipinski definition) is 1. The quantitative estimate of drug-likeness (QED) is 0.631. The second-order valence-corrected chi connectivity index (χ2v) is 8.56. The molecular formula is C23H25N3O4S. The van der Waals surface area contributed by atoms with E-state index in [9.17, 15) is 9.90 Å². The molecule has 8 heteroatoms. The third-order valence-corrected chi connectivity index (χ3v) is 6.31. The Morgan fingerprint density at radius 1 is 1.32 bits per heavy atom. The monoisotopic (exact) mass is 439 g/mol. The molecule has 0 aliphatic carbocycles. The molecular weight excluding hydrogens is 414 g/mol. The van der Waals surface area contributed by atoms with Gasteiger partial charge in [0.2, 0.25) is 5.88 Å². The molecule has 31 heavy (non-hydrogen) atoms. The molecule has 2 aromatic heterocycles. The summed E-state index contributed by atoms with van der Waals surface area (Å²) in [5, 5.41) is 9.78. The molecule has 3 heterocycles. The van der Waals surface area contributed by atoms with Crippen LogP contribution in [0.15, 0.2) is 36.5 Å². The molecule has 0 spiro atoms. The lowest BCUT2D eigenvalue weighted by atomic mass is 10.0. The van der Waals surface area contributed by atoms with Crippen LogP contribution in [0.3, 0.4) is 0 Å². The standard InChI is InChI=1S/C23H25N3O4S/c1-14(2)26(10-11-27)23(28)22-25-20-17-13-15(16-5-4-9-24-21(16)29-3)6-7-18(17)30-12-8-19(20)31-22/h4-7,9,13-14,27H,8,10-12H2,1-3H3. The number of pyridine rings is 1. The van der Waals surface area contributed by atoms with Gasteiger partial charge in [0.05, 0.1) is 26.0 Å². The number of aliphatic hydroxyl groups is 1. The van der Waals surface area contributed by atoms with Gasteiger partial charge in [0, 0.05) is 41.2 Å². The molecule has 4 rings (SSSR count). The maximum Gasteiger partial charge on any atom is 0.283 e. The summed E-state index contributed by atoms with van der Waals surface area (Å²) in [5.74, 6) is 1.13. The van der Waals surface area contributed by atoms with Crippen molar-refractivity contribution in [2.75, 3.05) is 26.9 Å². The van der Waals surface area contributed by atoms with Gasteiger partial charge in [-0.2, -0.15) is 0 Å². The van der Waals surface area contributed by atoms with Crippen LogP contribution >= 0.6 is 11.3 Å². The fourth-order valence-electron chi connectivity index (χ4n) is 3.68. The first kappa shape index (κ1) is 21.3. The molecule has 0 saturated carbocycles. The Kier molecular flexibility index (Phi) is 6.20. The van der Waals surface area contributed by atoms with Crippen LogP contribution in [0.4, 0.5) is 0 Å². The van der Waals surface area contributed by atoms with Gasteiger partial charge in [0.1, 0.15) is 5.75 Å². The molecule has 162 valence electrons. The number of benzene rings is 1. The number of nitrogens with zero attached hydrogens (tertiary/aromatic N) is 3. The highest BCUT2D eigenvalue weighted by atomic mass is 32.1. The maximum atomic E-state index is 13.1. The predicted molar refractivity (Wildman–Crippen MR) is 120 cm³/mol. The molecule has 0 unspecified atom stereocenters. The zero-order valence-corrected chi connectivity index (χ0v) is 18.6. The van der Waals surface area contributed by atoms with Gasteiger partial charge in [-0.3, -0.25) is 4.79 Å². The first-order valence-electron chi connectivity index (χ1n) is 10.2. The number of carbonyl (C=O) groups is 1. The van der Waals surface area contributed by atoms with E-state index in [1.165, 1.54) is 11.3 Å². The third-order valence-electron chi connectivity index (χ3n) is 5.20. The van der Waals surface area contributed by atoms with Gasteiger partial charge < -0.3 is 19.5 Å². The molecule has 0 fully saturated rings. The van der Waals surface area contributed by atoms with Crippen molar-refractivity contribution in [1.29, 1.82) is 0 Å². The van der Waals surface area contributed by atoms with Crippen molar-refractivity contribution in [3.8, 4) is 34.0 Å². The van der Waals surface area contributed by atoms with E-state index in [4.69, 9.17) is 14.5 Å². The number of amides is 1. The molecule has 1 aromatic carbocycles. The highest BCUT2D eigenvalue weighted by molar-refractivity contribution is 7.14. The number of methoxy groups -OCH3 is 1. The van der Waals surface area contributed by atoms with Crippen LogP contribution in [0.5, 0.6) is 11.6 Å². The molecule has 3 aromatic rings. The second kappa shape index (κ2) is 9.03. The van der Waals surface area contributed by atoms with Crippen LogP contribution in [0.25, 0.3) is 22.4 Å². The number of fused-ring (bicyclic) bond motifs is 3. The van der Waals surface area contributed by atoms with Crippen molar-refractivity contribution >= 4 is 17.2 Å². The number of thiazole rings is 1. The van der Waals surface area contributed by atoms with Gasteiger partial charge in [-0.1, -0.05) is 6.07 Å². The third kappa shape index (κ3) is 4.13. The minimum absolute atomic E-state index is 0.0244. The Hall–Kier alpha value is -2.97. The molecule has 7 nitrogen and oxygen atoms in total. The first-order chi connectivity index (χ1) is 15.0. The van der Waals surface area contributed by atoms with Crippen LogP contribution in [0.2, 0.25) is 0 Å². The number of aromatic nitrogens is 2. The minimum atomic E-state index is -0.158. The molecule has 0 bridgehead atoms.